The minimum absolute atomic E-state index is 0. The summed E-state index contributed by atoms with van der Waals surface area (Å²) < 4.78 is 0. The molecular formula is C2H2MgO6. The molecule has 0 aromatic rings. The van der Waals surface area contributed by atoms with E-state index in [0.29, 0.717) is 0 Å². The van der Waals surface area contributed by atoms with Gasteiger partial charge >= 0.3 is 23.1 Å². The Bertz CT molecular complexity index is 35.0. The average molecular weight is 146 g/mol. The van der Waals surface area contributed by atoms with Crippen LogP contribution in [0.25, 0.3) is 0 Å². The summed E-state index contributed by atoms with van der Waals surface area (Å²) >= 11 is 0. The van der Waals surface area contributed by atoms with Crippen LogP contribution in [0.15, 0.2) is 0 Å². The third-order valence-electron chi connectivity index (χ3n) is 0.314. The molecular weight excluding hydrogens is 144 g/mol. The van der Waals surface area contributed by atoms with E-state index in [2.05, 4.69) is 29.6 Å². The maximum absolute atomic E-state index is 3.88. The van der Waals surface area contributed by atoms with Gasteiger partial charge in [0.1, 0.15) is 0 Å². The van der Waals surface area contributed by atoms with E-state index in [1.54, 1.807) is 0 Å². The molecule has 0 unspecified atom stereocenters. The van der Waals surface area contributed by atoms with Crippen LogP contribution in [0.3, 0.4) is 0 Å². The maximum Gasteiger partial charge on any atom is 2.00 e. The monoisotopic (exact) mass is 146 g/mol. The van der Waals surface area contributed by atoms with Gasteiger partial charge in [0.05, 0.1) is 0 Å². The van der Waals surface area contributed by atoms with E-state index in [-0.39, 0.29) is 23.1 Å². The first-order valence-electron chi connectivity index (χ1n) is 1.61. The van der Waals surface area contributed by atoms with Crippen LogP contribution in [0.5, 0.6) is 0 Å². The van der Waals surface area contributed by atoms with Gasteiger partial charge in [0.15, 0.2) is 0 Å². The van der Waals surface area contributed by atoms with Gasteiger partial charge in [0, 0.05) is 0 Å². The molecule has 0 spiro atoms. The van der Waals surface area contributed by atoms with E-state index in [4.69, 9.17) is 0 Å². The zero-order chi connectivity index (χ0) is 5.66. The van der Waals surface area contributed by atoms with Crippen molar-refractivity contribution in [2.45, 2.75) is 0 Å². The Hall–Kier alpha value is 0.526. The smallest absolute Gasteiger partial charge is 0.354 e. The third kappa shape index (κ3) is 5.00. The molecule has 2 saturated heterocycles. The number of hydrogen-bond donors (Lipinski definition) is 0. The van der Waals surface area contributed by atoms with Crippen LogP contribution in [-0.4, -0.2) is 23.1 Å². The van der Waals surface area contributed by atoms with Crippen LogP contribution in [0.1, 0.15) is 0 Å². The molecule has 0 atom stereocenters. The average Bonchev–Trinajstić information content (AvgIpc) is 1.12. The van der Waals surface area contributed by atoms with E-state index < -0.39 is 0 Å². The second kappa shape index (κ2) is 6.64. The second-order valence-corrected chi connectivity index (χ2v) is 0.713. The minimum Gasteiger partial charge on any atom is -0.354 e. The van der Waals surface area contributed by atoms with Gasteiger partial charge in [0.2, 0.25) is 0 Å². The van der Waals surface area contributed by atoms with Crippen molar-refractivity contribution in [2.75, 3.05) is 0 Å². The molecule has 6 nitrogen and oxygen atoms in total. The number of hydrogen-bond acceptors (Lipinski definition) is 6. The van der Waals surface area contributed by atoms with E-state index in [1.165, 1.54) is 0 Å². The summed E-state index contributed by atoms with van der Waals surface area (Å²) in [5.41, 5.74) is 0. The molecule has 0 aliphatic carbocycles. The van der Waals surface area contributed by atoms with Gasteiger partial charge in [-0.15, -0.1) is 10.1 Å². The quantitative estimate of drug-likeness (QED) is 0.264. The van der Waals surface area contributed by atoms with Gasteiger partial charge in [-0.3, -0.25) is 0 Å². The first-order chi connectivity index (χ1) is 4.00. The Kier molecular flexibility index (Phi) is 7.03. The van der Waals surface area contributed by atoms with Crippen molar-refractivity contribution >= 4 is 23.1 Å². The van der Waals surface area contributed by atoms with Gasteiger partial charge in [-0.1, -0.05) is 0 Å². The summed E-state index contributed by atoms with van der Waals surface area (Å²) in [5, 5.41) is 7.33. The molecule has 2 fully saturated rings. The van der Waals surface area contributed by atoms with E-state index in [0.717, 1.165) is 13.6 Å². The standard InChI is InChI=1S/2CHO3.Mg/c2*1-2-4-3-1;/h2*1H;/q2*-1;+2. The van der Waals surface area contributed by atoms with Crippen LogP contribution in [0.4, 0.5) is 0 Å². The van der Waals surface area contributed by atoms with Gasteiger partial charge in [-0.2, -0.15) is 0 Å². The molecule has 0 radical (unpaired) electrons. The SMILES string of the molecule is [CH-]1OOO1.[CH-]1OOO1.[Mg+2]. The zero-order valence-corrected chi connectivity index (χ0v) is 5.73. The summed E-state index contributed by atoms with van der Waals surface area (Å²) in [6, 6.07) is 0. The topological polar surface area (TPSA) is 55.4 Å². The fourth-order valence-electron chi connectivity index (χ4n) is 0.0786. The molecule has 48 valence electrons. The van der Waals surface area contributed by atoms with Crippen molar-refractivity contribution < 1.29 is 29.6 Å². The summed E-state index contributed by atoms with van der Waals surface area (Å²) in [7, 11) is 0. The zero-order valence-electron chi connectivity index (χ0n) is 4.31. The summed E-state index contributed by atoms with van der Waals surface area (Å²) in [6.45, 7) is 2.17. The van der Waals surface area contributed by atoms with Crippen molar-refractivity contribution in [3.63, 3.8) is 0 Å². The predicted octanol–water partition coefficient (Wildman–Crippen LogP) is -0.383. The van der Waals surface area contributed by atoms with Crippen molar-refractivity contribution in [3.8, 4) is 0 Å². The molecule has 0 N–H and O–H groups in total. The molecule has 9 heavy (non-hydrogen) atoms. The van der Waals surface area contributed by atoms with Crippen molar-refractivity contribution in [1.82, 2.24) is 0 Å². The first kappa shape index (κ1) is 9.53. The normalized spacial score (nSPS) is 21.3. The van der Waals surface area contributed by atoms with Crippen molar-refractivity contribution in [1.29, 1.82) is 0 Å². The Morgan fingerprint density at radius 2 is 0.778 bits per heavy atom. The molecule has 2 heterocycles. The van der Waals surface area contributed by atoms with Crippen LogP contribution in [0.2, 0.25) is 0 Å². The van der Waals surface area contributed by atoms with Crippen LogP contribution < -0.4 is 0 Å². The fourth-order valence-corrected chi connectivity index (χ4v) is 0.0786. The van der Waals surface area contributed by atoms with Gasteiger partial charge in [-0.25, -0.2) is 0 Å². The molecule has 0 bridgehead atoms. The Morgan fingerprint density at radius 3 is 0.778 bits per heavy atom. The Balaban J connectivity index is 0.000000128. The molecule has 0 aromatic heterocycles. The van der Waals surface area contributed by atoms with E-state index in [9.17, 15) is 0 Å². The first-order valence-corrected chi connectivity index (χ1v) is 1.61. The molecule has 0 aromatic carbocycles. The van der Waals surface area contributed by atoms with E-state index in [1.807, 2.05) is 0 Å². The molecule has 7 heteroatoms. The molecule has 2 rings (SSSR count). The second-order valence-electron chi connectivity index (χ2n) is 0.713. The largest absolute Gasteiger partial charge is 2.00 e. The molecule has 0 amide bonds. The third-order valence-corrected chi connectivity index (χ3v) is 0.314. The van der Waals surface area contributed by atoms with Crippen LogP contribution in [0, 0.1) is 13.6 Å². The minimum atomic E-state index is 0. The van der Waals surface area contributed by atoms with Crippen molar-refractivity contribution in [2.24, 2.45) is 0 Å². The summed E-state index contributed by atoms with van der Waals surface area (Å²) in [6.07, 6.45) is 0. The molecule has 2 aliphatic rings. The molecule has 0 saturated carbocycles. The Morgan fingerprint density at radius 1 is 0.667 bits per heavy atom. The Labute approximate surface area is 66.8 Å². The molecule has 2 aliphatic heterocycles. The van der Waals surface area contributed by atoms with Gasteiger partial charge in [-0.05, 0) is 13.6 Å². The number of rotatable bonds is 0. The van der Waals surface area contributed by atoms with Gasteiger partial charge < -0.3 is 19.6 Å². The summed E-state index contributed by atoms with van der Waals surface area (Å²) in [5.74, 6) is 0. The van der Waals surface area contributed by atoms with Crippen molar-refractivity contribution in [3.05, 3.63) is 13.6 Å². The summed E-state index contributed by atoms with van der Waals surface area (Å²) in [4.78, 5) is 15.5. The fraction of sp³-hybridized carbons (Fsp3) is 0. The maximum atomic E-state index is 3.88. The predicted molar refractivity (Wildman–Crippen MR) is 20.9 cm³/mol. The van der Waals surface area contributed by atoms with Crippen LogP contribution in [-0.2, 0) is 29.6 Å². The van der Waals surface area contributed by atoms with E-state index >= 15 is 0 Å². The van der Waals surface area contributed by atoms with Crippen LogP contribution >= 0.6 is 0 Å². The van der Waals surface area contributed by atoms with Gasteiger partial charge in [0.25, 0.3) is 0 Å².